The van der Waals surface area contributed by atoms with Crippen LogP contribution < -0.4 is 0 Å². The molecule has 1 aliphatic heterocycles. The van der Waals surface area contributed by atoms with E-state index in [1.165, 1.54) is 6.33 Å². The van der Waals surface area contributed by atoms with Gasteiger partial charge in [0.15, 0.2) is 0 Å². The molecule has 118 valence electrons. The van der Waals surface area contributed by atoms with E-state index in [1.807, 2.05) is 27.8 Å². The maximum absolute atomic E-state index is 12.6. The van der Waals surface area contributed by atoms with Crippen molar-refractivity contribution in [2.24, 2.45) is 0 Å². The van der Waals surface area contributed by atoms with Gasteiger partial charge in [0.25, 0.3) is 5.91 Å². The number of likely N-dealkylation sites (tertiary alicyclic amines) is 1. The minimum Gasteiger partial charge on any atom is -0.337 e. The third kappa shape index (κ3) is 2.77. The Kier molecular flexibility index (Phi) is 3.66. The Morgan fingerprint density at radius 1 is 1.30 bits per heavy atom. The lowest BCUT2D eigenvalue weighted by Gasteiger charge is -2.30. The molecular weight excluding hydrogens is 312 g/mol. The fourth-order valence-corrected chi connectivity index (χ4v) is 3.58. The van der Waals surface area contributed by atoms with Crippen LogP contribution >= 0.6 is 11.3 Å². The average molecular weight is 328 g/mol. The molecule has 0 saturated carbocycles. The molecule has 1 amide bonds. The zero-order valence-corrected chi connectivity index (χ0v) is 13.2. The molecule has 0 spiro atoms. The summed E-state index contributed by atoms with van der Waals surface area (Å²) in [6.45, 7) is 1.44. The van der Waals surface area contributed by atoms with Crippen molar-refractivity contribution in [3.8, 4) is 11.3 Å². The number of carbonyl (C=O) groups is 1. The molecule has 0 unspecified atom stereocenters. The van der Waals surface area contributed by atoms with E-state index in [2.05, 4.69) is 25.4 Å². The van der Waals surface area contributed by atoms with Crippen molar-refractivity contribution < 1.29 is 4.79 Å². The van der Waals surface area contributed by atoms with E-state index in [-0.39, 0.29) is 5.91 Å². The first kappa shape index (κ1) is 14.1. The smallest absolute Gasteiger partial charge is 0.271 e. The van der Waals surface area contributed by atoms with Crippen molar-refractivity contribution in [1.29, 1.82) is 0 Å². The summed E-state index contributed by atoms with van der Waals surface area (Å²) in [5.41, 5.74) is 2.39. The fourth-order valence-electron chi connectivity index (χ4n) is 2.93. The van der Waals surface area contributed by atoms with E-state index in [0.717, 1.165) is 43.0 Å². The Morgan fingerprint density at radius 2 is 2.17 bits per heavy atom. The normalized spacial score (nSPS) is 15.9. The molecule has 1 aliphatic rings. The van der Waals surface area contributed by atoms with Gasteiger partial charge in [0, 0.05) is 30.0 Å². The average Bonchev–Trinajstić information content (AvgIpc) is 3.36. The first-order valence-corrected chi connectivity index (χ1v) is 8.48. The monoisotopic (exact) mass is 328 g/mol. The van der Waals surface area contributed by atoms with E-state index in [4.69, 9.17) is 0 Å². The topological polar surface area (TPSA) is 90.6 Å². The fraction of sp³-hybridized carbons (Fsp3) is 0.333. The number of H-pyrrole nitrogens is 2. The number of nitrogens with zero attached hydrogens (tertiary/aromatic N) is 4. The highest BCUT2D eigenvalue weighted by molar-refractivity contribution is 7.08. The Morgan fingerprint density at radius 3 is 2.87 bits per heavy atom. The molecule has 0 aromatic carbocycles. The summed E-state index contributed by atoms with van der Waals surface area (Å²) in [5, 5.41) is 17.9. The summed E-state index contributed by atoms with van der Waals surface area (Å²) in [4.78, 5) is 18.7. The highest BCUT2D eigenvalue weighted by Crippen LogP contribution is 2.26. The van der Waals surface area contributed by atoms with Gasteiger partial charge in [-0.15, -0.1) is 0 Å². The zero-order chi connectivity index (χ0) is 15.6. The molecule has 0 aliphatic carbocycles. The molecule has 4 heterocycles. The molecule has 8 heteroatoms. The summed E-state index contributed by atoms with van der Waals surface area (Å²) in [6.07, 6.45) is 3.32. The van der Waals surface area contributed by atoms with Crippen molar-refractivity contribution in [2.45, 2.75) is 18.8 Å². The first-order chi connectivity index (χ1) is 11.3. The molecule has 7 nitrogen and oxygen atoms in total. The lowest BCUT2D eigenvalue weighted by molar-refractivity contribution is 0.0705. The number of rotatable bonds is 3. The molecule has 4 rings (SSSR count). The zero-order valence-electron chi connectivity index (χ0n) is 12.4. The number of nitrogens with one attached hydrogen (secondary N) is 2. The molecule has 1 fully saturated rings. The van der Waals surface area contributed by atoms with Crippen molar-refractivity contribution in [3.05, 3.63) is 40.7 Å². The summed E-state index contributed by atoms with van der Waals surface area (Å²) in [6, 6.07) is 3.82. The maximum Gasteiger partial charge on any atom is 0.271 e. The SMILES string of the molecule is O=C(c1cc(-c2ccsc2)n[nH]1)N1CCC(c2ncn[nH]2)CC1. The summed E-state index contributed by atoms with van der Waals surface area (Å²) in [5.74, 6) is 1.28. The molecule has 3 aromatic heterocycles. The van der Waals surface area contributed by atoms with Crippen LogP contribution in [0.1, 0.15) is 35.1 Å². The number of carbonyl (C=O) groups excluding carboxylic acids is 1. The van der Waals surface area contributed by atoms with E-state index >= 15 is 0 Å². The molecule has 23 heavy (non-hydrogen) atoms. The number of hydrogen-bond acceptors (Lipinski definition) is 5. The second kappa shape index (κ2) is 5.96. The van der Waals surface area contributed by atoms with Gasteiger partial charge in [-0.05, 0) is 30.4 Å². The quantitative estimate of drug-likeness (QED) is 0.772. The van der Waals surface area contributed by atoms with E-state index in [1.54, 1.807) is 11.3 Å². The third-order valence-electron chi connectivity index (χ3n) is 4.23. The third-order valence-corrected chi connectivity index (χ3v) is 4.91. The van der Waals surface area contributed by atoms with Gasteiger partial charge < -0.3 is 4.90 Å². The van der Waals surface area contributed by atoms with Crippen molar-refractivity contribution in [2.75, 3.05) is 13.1 Å². The number of hydrogen-bond donors (Lipinski definition) is 2. The lowest BCUT2D eigenvalue weighted by Crippen LogP contribution is -2.38. The van der Waals surface area contributed by atoms with Crippen LogP contribution in [0.15, 0.2) is 29.2 Å². The number of aromatic nitrogens is 5. The summed E-state index contributed by atoms with van der Waals surface area (Å²) >= 11 is 1.62. The molecular formula is C15H16N6OS. The standard InChI is InChI=1S/C15H16N6OS/c22-15(13-7-12(18-19-13)11-3-6-23-8-11)21-4-1-10(2-5-21)14-16-9-17-20-14/h3,6-10H,1-2,4-5H2,(H,18,19)(H,16,17,20). The number of aromatic amines is 2. The molecule has 1 saturated heterocycles. The van der Waals surface area contributed by atoms with Crippen LogP contribution in [0.4, 0.5) is 0 Å². The van der Waals surface area contributed by atoms with E-state index in [9.17, 15) is 4.79 Å². The van der Waals surface area contributed by atoms with Crippen LogP contribution in [0.5, 0.6) is 0 Å². The van der Waals surface area contributed by atoms with Crippen LogP contribution in [0.25, 0.3) is 11.3 Å². The van der Waals surface area contributed by atoms with E-state index in [0.29, 0.717) is 11.6 Å². The lowest BCUT2D eigenvalue weighted by atomic mass is 9.96. The molecule has 2 N–H and O–H groups in total. The van der Waals surface area contributed by atoms with Gasteiger partial charge in [-0.2, -0.15) is 21.5 Å². The van der Waals surface area contributed by atoms with Crippen molar-refractivity contribution in [3.63, 3.8) is 0 Å². The van der Waals surface area contributed by atoms with Gasteiger partial charge in [0.05, 0.1) is 5.69 Å². The maximum atomic E-state index is 12.6. The van der Waals surface area contributed by atoms with Crippen LogP contribution in [0, 0.1) is 0 Å². The van der Waals surface area contributed by atoms with Crippen molar-refractivity contribution in [1.82, 2.24) is 30.3 Å². The molecule has 3 aromatic rings. The second-order valence-corrected chi connectivity index (χ2v) is 6.40. The Balaban J connectivity index is 1.42. The van der Waals surface area contributed by atoms with Crippen LogP contribution in [0.3, 0.4) is 0 Å². The van der Waals surface area contributed by atoms with Gasteiger partial charge in [-0.1, -0.05) is 0 Å². The predicted octanol–water partition coefficient (Wildman–Crippen LogP) is 2.28. The molecule has 0 atom stereocenters. The Bertz CT molecular complexity index is 771. The van der Waals surface area contributed by atoms with Crippen LogP contribution in [0.2, 0.25) is 0 Å². The van der Waals surface area contributed by atoms with Crippen LogP contribution in [-0.2, 0) is 0 Å². The van der Waals surface area contributed by atoms with Gasteiger partial charge in [-0.25, -0.2) is 4.98 Å². The van der Waals surface area contributed by atoms with Gasteiger partial charge in [0.1, 0.15) is 17.8 Å². The van der Waals surface area contributed by atoms with Gasteiger partial charge in [0.2, 0.25) is 0 Å². The van der Waals surface area contributed by atoms with E-state index < -0.39 is 0 Å². The summed E-state index contributed by atoms with van der Waals surface area (Å²) in [7, 11) is 0. The number of thiophene rings is 1. The predicted molar refractivity (Wildman–Crippen MR) is 86.2 cm³/mol. The second-order valence-electron chi connectivity index (χ2n) is 5.62. The molecule has 0 bridgehead atoms. The van der Waals surface area contributed by atoms with Gasteiger partial charge >= 0.3 is 0 Å². The van der Waals surface area contributed by atoms with Crippen LogP contribution in [-0.4, -0.2) is 49.3 Å². The summed E-state index contributed by atoms with van der Waals surface area (Å²) < 4.78 is 0. The minimum absolute atomic E-state index is 0.00926. The Hall–Kier alpha value is -2.48. The minimum atomic E-state index is 0.00926. The number of amides is 1. The first-order valence-electron chi connectivity index (χ1n) is 7.54. The van der Waals surface area contributed by atoms with Gasteiger partial charge in [-0.3, -0.25) is 15.0 Å². The molecule has 0 radical (unpaired) electrons. The number of piperidine rings is 1. The highest BCUT2D eigenvalue weighted by atomic mass is 32.1. The van der Waals surface area contributed by atoms with Crippen molar-refractivity contribution >= 4 is 17.2 Å². The largest absolute Gasteiger partial charge is 0.337 e. The highest BCUT2D eigenvalue weighted by Gasteiger charge is 2.27. The Labute approximate surface area is 136 Å².